The van der Waals surface area contributed by atoms with Gasteiger partial charge in [-0.15, -0.1) is 0 Å². The van der Waals surface area contributed by atoms with Crippen LogP contribution in [0.1, 0.15) is 30.5 Å². The van der Waals surface area contributed by atoms with E-state index in [-0.39, 0.29) is 5.41 Å². The van der Waals surface area contributed by atoms with Gasteiger partial charge in [0.25, 0.3) is 0 Å². The molecule has 3 N–H and O–H groups in total. The topological polar surface area (TPSA) is 38.0 Å². The fraction of sp³-hybridized carbons (Fsp3) is 0.600. The minimum atomic E-state index is 0.196. The summed E-state index contributed by atoms with van der Waals surface area (Å²) >= 11 is 0. The van der Waals surface area contributed by atoms with Crippen molar-refractivity contribution in [3.63, 3.8) is 0 Å². The molecule has 0 spiro atoms. The quantitative estimate of drug-likeness (QED) is 0.742. The van der Waals surface area contributed by atoms with Crippen LogP contribution in [0, 0.1) is 19.3 Å². The second kappa shape index (κ2) is 6.18. The Morgan fingerprint density at radius 3 is 2.59 bits per heavy atom. The van der Waals surface area contributed by atoms with Crippen LogP contribution >= 0.6 is 0 Å². The SMILES string of the molecule is Cc1ccc(C)c(CCNCC(C)(C)CN)c1. The predicted molar refractivity (Wildman–Crippen MR) is 75.3 cm³/mol. The molecule has 0 aliphatic carbocycles. The molecule has 17 heavy (non-hydrogen) atoms. The Hall–Kier alpha value is -0.860. The van der Waals surface area contributed by atoms with Gasteiger partial charge in [0.2, 0.25) is 0 Å². The predicted octanol–water partition coefficient (Wildman–Crippen LogP) is 2.42. The highest BCUT2D eigenvalue weighted by Gasteiger charge is 2.14. The fourth-order valence-corrected chi connectivity index (χ4v) is 1.79. The van der Waals surface area contributed by atoms with Gasteiger partial charge in [-0.3, -0.25) is 0 Å². The normalized spacial score (nSPS) is 11.8. The van der Waals surface area contributed by atoms with Crippen LogP contribution in [0.4, 0.5) is 0 Å². The van der Waals surface area contributed by atoms with Gasteiger partial charge in [0.1, 0.15) is 0 Å². The number of benzene rings is 1. The van der Waals surface area contributed by atoms with Crippen molar-refractivity contribution in [3.05, 3.63) is 34.9 Å². The summed E-state index contributed by atoms with van der Waals surface area (Å²) in [5.74, 6) is 0. The van der Waals surface area contributed by atoms with Crippen molar-refractivity contribution in [1.29, 1.82) is 0 Å². The maximum atomic E-state index is 5.70. The highest BCUT2D eigenvalue weighted by Crippen LogP contribution is 2.12. The van der Waals surface area contributed by atoms with Gasteiger partial charge >= 0.3 is 0 Å². The number of rotatable bonds is 6. The third-order valence-corrected chi connectivity index (χ3v) is 3.23. The summed E-state index contributed by atoms with van der Waals surface area (Å²) in [7, 11) is 0. The summed E-state index contributed by atoms with van der Waals surface area (Å²) in [4.78, 5) is 0. The molecule has 2 heteroatoms. The Kier molecular flexibility index (Phi) is 5.16. The molecule has 1 aromatic carbocycles. The molecule has 0 heterocycles. The summed E-state index contributed by atoms with van der Waals surface area (Å²) in [5.41, 5.74) is 10.1. The van der Waals surface area contributed by atoms with Crippen molar-refractivity contribution in [1.82, 2.24) is 5.32 Å². The Balaban J connectivity index is 2.38. The lowest BCUT2D eigenvalue weighted by Gasteiger charge is -2.22. The molecule has 0 aliphatic rings. The molecule has 0 saturated heterocycles. The number of hydrogen-bond donors (Lipinski definition) is 2. The average Bonchev–Trinajstić information content (AvgIpc) is 2.29. The highest BCUT2D eigenvalue weighted by atomic mass is 14.9. The smallest absolute Gasteiger partial charge is 0.00147 e. The van der Waals surface area contributed by atoms with E-state index in [0.29, 0.717) is 0 Å². The summed E-state index contributed by atoms with van der Waals surface area (Å²) in [6.45, 7) is 11.4. The zero-order valence-corrected chi connectivity index (χ0v) is 11.6. The molecular formula is C15H26N2. The van der Waals surface area contributed by atoms with Gasteiger partial charge < -0.3 is 11.1 Å². The summed E-state index contributed by atoms with van der Waals surface area (Å²) in [5, 5.41) is 3.49. The van der Waals surface area contributed by atoms with Crippen molar-refractivity contribution in [2.45, 2.75) is 34.1 Å². The zero-order chi connectivity index (χ0) is 12.9. The van der Waals surface area contributed by atoms with Crippen LogP contribution in [0.5, 0.6) is 0 Å². The molecule has 0 radical (unpaired) electrons. The first-order chi connectivity index (χ1) is 7.94. The Morgan fingerprint density at radius 2 is 1.94 bits per heavy atom. The Labute approximate surface area is 106 Å². The van der Waals surface area contributed by atoms with Gasteiger partial charge in [0, 0.05) is 6.54 Å². The molecule has 0 atom stereocenters. The van der Waals surface area contributed by atoms with Crippen LogP contribution in [0.3, 0.4) is 0 Å². The van der Waals surface area contributed by atoms with E-state index in [0.717, 1.165) is 26.1 Å². The van der Waals surface area contributed by atoms with Crippen molar-refractivity contribution < 1.29 is 0 Å². The maximum absolute atomic E-state index is 5.70. The maximum Gasteiger partial charge on any atom is 0.00147 e. The molecule has 0 amide bonds. The molecule has 96 valence electrons. The number of nitrogens with two attached hydrogens (primary N) is 1. The average molecular weight is 234 g/mol. The van der Waals surface area contributed by atoms with Gasteiger partial charge in [-0.05, 0) is 49.9 Å². The van der Waals surface area contributed by atoms with Crippen molar-refractivity contribution in [2.24, 2.45) is 11.1 Å². The summed E-state index contributed by atoms with van der Waals surface area (Å²) in [6, 6.07) is 6.66. The standard InChI is InChI=1S/C15H26N2/c1-12-5-6-13(2)14(9-12)7-8-17-11-15(3,4)10-16/h5-6,9,17H,7-8,10-11,16H2,1-4H3. The first kappa shape index (κ1) is 14.2. The zero-order valence-electron chi connectivity index (χ0n) is 11.6. The molecular weight excluding hydrogens is 208 g/mol. The second-order valence-corrected chi connectivity index (χ2v) is 5.73. The molecule has 0 unspecified atom stereocenters. The lowest BCUT2D eigenvalue weighted by atomic mass is 9.94. The fourth-order valence-electron chi connectivity index (χ4n) is 1.79. The largest absolute Gasteiger partial charge is 0.330 e. The van der Waals surface area contributed by atoms with E-state index in [2.05, 4.69) is 51.2 Å². The summed E-state index contributed by atoms with van der Waals surface area (Å²) in [6.07, 6.45) is 1.09. The third kappa shape index (κ3) is 4.88. The molecule has 0 fully saturated rings. The molecule has 0 saturated carbocycles. The summed E-state index contributed by atoms with van der Waals surface area (Å²) < 4.78 is 0. The van der Waals surface area contributed by atoms with E-state index in [1.165, 1.54) is 16.7 Å². The van der Waals surface area contributed by atoms with E-state index in [1.807, 2.05) is 0 Å². The Bertz CT molecular complexity index is 356. The molecule has 0 bridgehead atoms. The van der Waals surface area contributed by atoms with Gasteiger partial charge in [-0.2, -0.15) is 0 Å². The number of hydrogen-bond acceptors (Lipinski definition) is 2. The lowest BCUT2D eigenvalue weighted by Crippen LogP contribution is -2.36. The van der Waals surface area contributed by atoms with Crippen molar-refractivity contribution in [2.75, 3.05) is 19.6 Å². The lowest BCUT2D eigenvalue weighted by molar-refractivity contribution is 0.353. The van der Waals surface area contributed by atoms with Crippen molar-refractivity contribution in [3.8, 4) is 0 Å². The van der Waals surface area contributed by atoms with Crippen LogP contribution in [0.25, 0.3) is 0 Å². The van der Waals surface area contributed by atoms with Gasteiger partial charge in [-0.1, -0.05) is 37.6 Å². The first-order valence-electron chi connectivity index (χ1n) is 6.41. The van der Waals surface area contributed by atoms with Crippen LogP contribution in [0.2, 0.25) is 0 Å². The molecule has 2 nitrogen and oxygen atoms in total. The van der Waals surface area contributed by atoms with E-state index in [1.54, 1.807) is 0 Å². The van der Waals surface area contributed by atoms with Gasteiger partial charge in [0.15, 0.2) is 0 Å². The molecule has 1 aromatic rings. The van der Waals surface area contributed by atoms with Crippen LogP contribution < -0.4 is 11.1 Å². The van der Waals surface area contributed by atoms with Crippen LogP contribution in [0.15, 0.2) is 18.2 Å². The molecule has 0 aliphatic heterocycles. The van der Waals surface area contributed by atoms with E-state index in [4.69, 9.17) is 5.73 Å². The van der Waals surface area contributed by atoms with Crippen LogP contribution in [-0.2, 0) is 6.42 Å². The highest BCUT2D eigenvalue weighted by molar-refractivity contribution is 5.30. The Morgan fingerprint density at radius 1 is 1.24 bits per heavy atom. The first-order valence-corrected chi connectivity index (χ1v) is 6.41. The minimum Gasteiger partial charge on any atom is -0.330 e. The van der Waals surface area contributed by atoms with Crippen molar-refractivity contribution >= 4 is 0 Å². The van der Waals surface area contributed by atoms with E-state index in [9.17, 15) is 0 Å². The second-order valence-electron chi connectivity index (χ2n) is 5.73. The van der Waals surface area contributed by atoms with Gasteiger partial charge in [-0.25, -0.2) is 0 Å². The number of aryl methyl sites for hydroxylation is 2. The van der Waals surface area contributed by atoms with Gasteiger partial charge in [0.05, 0.1) is 0 Å². The monoisotopic (exact) mass is 234 g/mol. The number of nitrogens with one attached hydrogen (secondary N) is 1. The van der Waals surface area contributed by atoms with E-state index >= 15 is 0 Å². The molecule has 0 aromatic heterocycles. The molecule has 1 rings (SSSR count). The third-order valence-electron chi connectivity index (χ3n) is 3.23. The van der Waals surface area contributed by atoms with Crippen LogP contribution in [-0.4, -0.2) is 19.6 Å². The van der Waals surface area contributed by atoms with E-state index < -0.39 is 0 Å². The minimum absolute atomic E-state index is 0.196.